The Morgan fingerprint density at radius 3 is 2.27 bits per heavy atom. The summed E-state index contributed by atoms with van der Waals surface area (Å²) in [4.78, 5) is 24.1. The molecule has 1 unspecified atom stereocenters. The average molecular weight is 204 g/mol. The fourth-order valence-corrected chi connectivity index (χ4v) is 1.68. The highest BCUT2D eigenvalue weighted by atomic mass is 16.2. The molecule has 0 spiro atoms. The number of hydrogen-bond acceptors (Lipinski definition) is 2. The minimum Gasteiger partial charge on any atom is -0.311 e. The van der Waals surface area contributed by atoms with Crippen molar-refractivity contribution in [2.24, 2.45) is 0 Å². The van der Waals surface area contributed by atoms with Gasteiger partial charge in [0, 0.05) is 7.05 Å². The molecule has 0 aliphatic carbocycles. The van der Waals surface area contributed by atoms with Crippen molar-refractivity contribution in [3.05, 3.63) is 35.4 Å². The predicted molar refractivity (Wildman–Crippen MR) is 55.2 cm³/mol. The Hall–Kier alpha value is -1.84. The maximum atomic E-state index is 11.5. The van der Waals surface area contributed by atoms with Gasteiger partial charge in [-0.05, 0) is 12.5 Å². The van der Waals surface area contributed by atoms with E-state index >= 15 is 0 Å². The smallest absolute Gasteiger partial charge is 0.311 e. The first kappa shape index (κ1) is 9.71. The molecule has 15 heavy (non-hydrogen) atoms. The fourth-order valence-electron chi connectivity index (χ4n) is 1.68. The van der Waals surface area contributed by atoms with Gasteiger partial charge in [0.1, 0.15) is 6.04 Å². The largest absolute Gasteiger partial charge is 0.324 e. The molecule has 1 N–H and O–H groups in total. The van der Waals surface area contributed by atoms with E-state index in [1.165, 1.54) is 4.90 Å². The Bertz CT molecular complexity index is 411. The van der Waals surface area contributed by atoms with Crippen LogP contribution in [-0.2, 0) is 4.79 Å². The number of aryl methyl sites for hydroxylation is 1. The minimum atomic E-state index is -0.488. The number of nitrogens with zero attached hydrogens (tertiary/aromatic N) is 1. The average Bonchev–Trinajstić information content (AvgIpc) is 2.44. The Kier molecular flexibility index (Phi) is 2.19. The molecule has 0 bridgehead atoms. The van der Waals surface area contributed by atoms with Gasteiger partial charge in [-0.2, -0.15) is 0 Å². The van der Waals surface area contributed by atoms with E-state index in [1.54, 1.807) is 7.05 Å². The zero-order valence-corrected chi connectivity index (χ0v) is 8.65. The van der Waals surface area contributed by atoms with Crippen LogP contribution in [0.15, 0.2) is 24.3 Å². The van der Waals surface area contributed by atoms with Crippen LogP contribution in [-0.4, -0.2) is 23.9 Å². The van der Waals surface area contributed by atoms with Crippen LogP contribution in [0.4, 0.5) is 4.79 Å². The lowest BCUT2D eigenvalue weighted by molar-refractivity contribution is -0.121. The number of likely N-dealkylation sites (N-methyl/N-ethyl adjacent to an activating group) is 1. The first-order valence-electron chi connectivity index (χ1n) is 4.74. The first-order valence-corrected chi connectivity index (χ1v) is 4.74. The highest BCUT2D eigenvalue weighted by Gasteiger charge is 2.36. The highest BCUT2D eigenvalue weighted by Crippen LogP contribution is 2.23. The van der Waals surface area contributed by atoms with Crippen molar-refractivity contribution in [2.75, 3.05) is 7.05 Å². The van der Waals surface area contributed by atoms with Gasteiger partial charge in [0.2, 0.25) is 0 Å². The van der Waals surface area contributed by atoms with E-state index in [2.05, 4.69) is 5.32 Å². The number of carbonyl (C=O) groups excluding carboxylic acids is 2. The third-order valence-electron chi connectivity index (χ3n) is 2.58. The van der Waals surface area contributed by atoms with Crippen LogP contribution in [0.5, 0.6) is 0 Å². The first-order chi connectivity index (χ1) is 7.09. The quantitative estimate of drug-likeness (QED) is 0.699. The summed E-state index contributed by atoms with van der Waals surface area (Å²) in [5.74, 6) is -0.258. The number of hydrogen-bond donors (Lipinski definition) is 1. The maximum absolute atomic E-state index is 11.5. The summed E-state index contributed by atoms with van der Waals surface area (Å²) in [5, 5.41) is 2.28. The van der Waals surface area contributed by atoms with Gasteiger partial charge in [-0.3, -0.25) is 10.1 Å². The standard InChI is InChI=1S/C11H12N2O2/c1-7-3-5-8(6-4-7)9-10(14)12-11(15)13(9)2/h3-6,9H,1-2H3,(H,12,14,15). The fraction of sp³-hybridized carbons (Fsp3) is 0.273. The molecule has 1 aliphatic rings. The van der Waals surface area contributed by atoms with Gasteiger partial charge < -0.3 is 4.90 Å². The number of imide groups is 1. The van der Waals surface area contributed by atoms with Crippen LogP contribution < -0.4 is 5.32 Å². The molecule has 78 valence electrons. The van der Waals surface area contributed by atoms with Crippen molar-refractivity contribution in [1.29, 1.82) is 0 Å². The summed E-state index contributed by atoms with van der Waals surface area (Å²) in [5.41, 5.74) is 1.97. The number of nitrogens with one attached hydrogen (secondary N) is 1. The Morgan fingerprint density at radius 2 is 1.80 bits per heavy atom. The summed E-state index contributed by atoms with van der Waals surface area (Å²) in [6.07, 6.45) is 0. The van der Waals surface area contributed by atoms with Crippen LogP contribution >= 0.6 is 0 Å². The van der Waals surface area contributed by atoms with E-state index < -0.39 is 6.04 Å². The zero-order chi connectivity index (χ0) is 11.0. The second kappa shape index (κ2) is 3.38. The van der Waals surface area contributed by atoms with Crippen molar-refractivity contribution < 1.29 is 9.59 Å². The van der Waals surface area contributed by atoms with Crippen molar-refractivity contribution in [2.45, 2.75) is 13.0 Å². The van der Waals surface area contributed by atoms with Gasteiger partial charge in [0.25, 0.3) is 5.91 Å². The molecule has 4 nitrogen and oxygen atoms in total. The molecule has 4 heteroatoms. The molecule has 3 amide bonds. The van der Waals surface area contributed by atoms with Gasteiger partial charge in [-0.25, -0.2) is 4.79 Å². The predicted octanol–water partition coefficient (Wildman–Crippen LogP) is 1.22. The number of benzene rings is 1. The van der Waals surface area contributed by atoms with Crippen LogP contribution in [0.25, 0.3) is 0 Å². The van der Waals surface area contributed by atoms with Crippen LogP contribution in [0.2, 0.25) is 0 Å². The molecule has 1 atom stereocenters. The van der Waals surface area contributed by atoms with Gasteiger partial charge >= 0.3 is 6.03 Å². The summed E-state index contributed by atoms with van der Waals surface area (Å²) >= 11 is 0. The monoisotopic (exact) mass is 204 g/mol. The van der Waals surface area contributed by atoms with E-state index in [0.29, 0.717) is 0 Å². The minimum absolute atomic E-state index is 0.258. The van der Waals surface area contributed by atoms with Crippen LogP contribution in [0.3, 0.4) is 0 Å². The number of rotatable bonds is 1. The second-order valence-electron chi connectivity index (χ2n) is 3.72. The van der Waals surface area contributed by atoms with E-state index in [1.807, 2.05) is 31.2 Å². The Balaban J connectivity index is 2.34. The van der Waals surface area contributed by atoms with E-state index in [0.717, 1.165) is 11.1 Å². The Morgan fingerprint density at radius 1 is 1.20 bits per heavy atom. The lowest BCUT2D eigenvalue weighted by atomic mass is 10.0. The molecular weight excluding hydrogens is 192 g/mol. The van der Waals surface area contributed by atoms with Crippen molar-refractivity contribution >= 4 is 11.9 Å². The maximum Gasteiger partial charge on any atom is 0.324 e. The third-order valence-corrected chi connectivity index (χ3v) is 2.58. The Labute approximate surface area is 87.9 Å². The summed E-state index contributed by atoms with van der Waals surface area (Å²) in [6, 6.07) is 6.77. The number of urea groups is 1. The molecule has 0 saturated carbocycles. The second-order valence-corrected chi connectivity index (χ2v) is 3.72. The molecule has 2 rings (SSSR count). The SMILES string of the molecule is Cc1ccc(C2C(=O)NC(=O)N2C)cc1. The van der Waals surface area contributed by atoms with E-state index in [4.69, 9.17) is 0 Å². The molecule has 0 aromatic heterocycles. The molecular formula is C11H12N2O2. The molecule has 1 heterocycles. The topological polar surface area (TPSA) is 49.4 Å². The van der Waals surface area contributed by atoms with Gasteiger partial charge in [-0.1, -0.05) is 29.8 Å². The molecule has 1 aliphatic heterocycles. The lowest BCUT2D eigenvalue weighted by Crippen LogP contribution is -2.25. The van der Waals surface area contributed by atoms with Crippen LogP contribution in [0.1, 0.15) is 17.2 Å². The lowest BCUT2D eigenvalue weighted by Gasteiger charge is -2.16. The molecule has 1 aromatic carbocycles. The van der Waals surface area contributed by atoms with Crippen molar-refractivity contribution in [3.8, 4) is 0 Å². The summed E-state index contributed by atoms with van der Waals surface area (Å²) < 4.78 is 0. The van der Waals surface area contributed by atoms with Crippen molar-refractivity contribution in [1.82, 2.24) is 10.2 Å². The zero-order valence-electron chi connectivity index (χ0n) is 8.65. The summed E-state index contributed by atoms with van der Waals surface area (Å²) in [6.45, 7) is 1.98. The molecule has 1 saturated heterocycles. The van der Waals surface area contributed by atoms with Crippen LogP contribution in [0, 0.1) is 6.92 Å². The third kappa shape index (κ3) is 1.58. The van der Waals surface area contributed by atoms with Crippen molar-refractivity contribution in [3.63, 3.8) is 0 Å². The van der Waals surface area contributed by atoms with E-state index in [9.17, 15) is 9.59 Å². The number of carbonyl (C=O) groups is 2. The van der Waals surface area contributed by atoms with Gasteiger partial charge in [0.05, 0.1) is 0 Å². The molecule has 0 radical (unpaired) electrons. The van der Waals surface area contributed by atoms with Gasteiger partial charge in [0.15, 0.2) is 0 Å². The van der Waals surface area contributed by atoms with E-state index in [-0.39, 0.29) is 11.9 Å². The summed E-state index contributed by atoms with van der Waals surface area (Å²) in [7, 11) is 1.62. The molecule has 1 fully saturated rings. The molecule has 1 aromatic rings. The highest BCUT2D eigenvalue weighted by molar-refractivity contribution is 6.04. The van der Waals surface area contributed by atoms with Gasteiger partial charge in [-0.15, -0.1) is 0 Å². The number of amides is 3. The normalized spacial score (nSPS) is 20.7.